The second-order valence-corrected chi connectivity index (χ2v) is 5.39. The van der Waals surface area contributed by atoms with E-state index in [0.717, 1.165) is 18.7 Å². The molecule has 2 rings (SSSR count). The van der Waals surface area contributed by atoms with Crippen LogP contribution in [0.1, 0.15) is 32.0 Å². The van der Waals surface area contributed by atoms with E-state index in [1.807, 2.05) is 11.6 Å². The maximum absolute atomic E-state index is 12.0. The smallest absolute Gasteiger partial charge is 0.409 e. The molecule has 0 radical (unpaired) electrons. The van der Waals surface area contributed by atoms with Gasteiger partial charge in [0.1, 0.15) is 12.2 Å². The van der Waals surface area contributed by atoms with E-state index in [-0.39, 0.29) is 18.0 Å². The first kappa shape index (κ1) is 16.3. The molecule has 122 valence electrons. The first-order chi connectivity index (χ1) is 10.6. The van der Waals surface area contributed by atoms with Gasteiger partial charge in [0.2, 0.25) is 5.91 Å². The number of carbonyl (C=O) groups is 2. The minimum atomic E-state index is -0.269. The van der Waals surface area contributed by atoms with E-state index in [2.05, 4.69) is 15.5 Å². The Balaban J connectivity index is 1.68. The van der Waals surface area contributed by atoms with Crippen molar-refractivity contribution >= 4 is 12.0 Å². The van der Waals surface area contributed by atoms with Gasteiger partial charge < -0.3 is 19.5 Å². The van der Waals surface area contributed by atoms with Crippen LogP contribution in [0, 0.1) is 0 Å². The Morgan fingerprint density at radius 2 is 2.14 bits per heavy atom. The van der Waals surface area contributed by atoms with Gasteiger partial charge in [0.15, 0.2) is 0 Å². The highest BCUT2D eigenvalue weighted by molar-refractivity contribution is 5.76. The van der Waals surface area contributed by atoms with Crippen molar-refractivity contribution in [3.63, 3.8) is 0 Å². The monoisotopic (exact) mass is 309 g/mol. The Labute approximate surface area is 129 Å². The maximum atomic E-state index is 12.0. The summed E-state index contributed by atoms with van der Waals surface area (Å²) in [6, 6.07) is 0.123. The quantitative estimate of drug-likeness (QED) is 0.855. The van der Waals surface area contributed by atoms with Crippen molar-refractivity contribution in [2.45, 2.75) is 38.6 Å². The van der Waals surface area contributed by atoms with Crippen molar-refractivity contribution in [2.75, 3.05) is 19.7 Å². The Morgan fingerprint density at radius 1 is 1.41 bits per heavy atom. The van der Waals surface area contributed by atoms with Crippen LogP contribution in [0.15, 0.2) is 6.33 Å². The van der Waals surface area contributed by atoms with Crippen LogP contribution in [-0.4, -0.2) is 57.4 Å². The van der Waals surface area contributed by atoms with E-state index >= 15 is 0 Å². The fourth-order valence-corrected chi connectivity index (χ4v) is 2.48. The molecule has 0 unspecified atom stereocenters. The number of hydrogen-bond acceptors (Lipinski definition) is 5. The van der Waals surface area contributed by atoms with Gasteiger partial charge in [0, 0.05) is 39.0 Å². The van der Waals surface area contributed by atoms with Crippen LogP contribution >= 0.6 is 0 Å². The molecular formula is C14H23N5O3. The SMILES string of the molecule is CCOC(=O)N1CCC(NC(=O)CCc2nncn2C)CC1. The molecule has 1 aromatic heterocycles. The lowest BCUT2D eigenvalue weighted by Crippen LogP contribution is -2.46. The van der Waals surface area contributed by atoms with Crippen molar-refractivity contribution in [1.82, 2.24) is 25.0 Å². The second-order valence-electron chi connectivity index (χ2n) is 5.39. The van der Waals surface area contributed by atoms with Gasteiger partial charge in [0.05, 0.1) is 6.61 Å². The van der Waals surface area contributed by atoms with E-state index in [1.54, 1.807) is 18.2 Å². The molecule has 0 spiro atoms. The van der Waals surface area contributed by atoms with E-state index < -0.39 is 0 Å². The predicted molar refractivity (Wildman–Crippen MR) is 79.1 cm³/mol. The summed E-state index contributed by atoms with van der Waals surface area (Å²) in [6.45, 7) is 3.42. The number of likely N-dealkylation sites (tertiary alicyclic amines) is 1. The molecule has 22 heavy (non-hydrogen) atoms. The third-order valence-electron chi connectivity index (χ3n) is 3.77. The van der Waals surface area contributed by atoms with Gasteiger partial charge in [-0.15, -0.1) is 10.2 Å². The molecule has 1 fully saturated rings. The summed E-state index contributed by atoms with van der Waals surface area (Å²) < 4.78 is 6.78. The van der Waals surface area contributed by atoms with Crippen molar-refractivity contribution < 1.29 is 14.3 Å². The van der Waals surface area contributed by atoms with Crippen LogP contribution in [0.4, 0.5) is 4.79 Å². The van der Waals surface area contributed by atoms with Gasteiger partial charge in [-0.2, -0.15) is 0 Å². The van der Waals surface area contributed by atoms with E-state index in [1.165, 1.54) is 0 Å². The van der Waals surface area contributed by atoms with Crippen LogP contribution in [0.3, 0.4) is 0 Å². The van der Waals surface area contributed by atoms with Gasteiger partial charge in [0.25, 0.3) is 0 Å². The summed E-state index contributed by atoms with van der Waals surface area (Å²) in [7, 11) is 1.86. The Morgan fingerprint density at radius 3 is 2.73 bits per heavy atom. The third-order valence-corrected chi connectivity index (χ3v) is 3.77. The number of ether oxygens (including phenoxy) is 1. The van der Waals surface area contributed by atoms with Crippen LogP contribution in [0.25, 0.3) is 0 Å². The Bertz CT molecular complexity index is 508. The largest absolute Gasteiger partial charge is 0.450 e. The van der Waals surface area contributed by atoms with Gasteiger partial charge in [-0.3, -0.25) is 4.79 Å². The van der Waals surface area contributed by atoms with Gasteiger partial charge >= 0.3 is 6.09 Å². The van der Waals surface area contributed by atoms with Gasteiger partial charge in [-0.1, -0.05) is 0 Å². The van der Waals surface area contributed by atoms with Crippen molar-refractivity contribution in [3.05, 3.63) is 12.2 Å². The lowest BCUT2D eigenvalue weighted by Gasteiger charge is -2.31. The average molecular weight is 309 g/mol. The number of nitrogens with zero attached hydrogens (tertiary/aromatic N) is 4. The fraction of sp³-hybridized carbons (Fsp3) is 0.714. The summed E-state index contributed by atoms with van der Waals surface area (Å²) in [5, 5.41) is 10.8. The first-order valence-electron chi connectivity index (χ1n) is 7.64. The standard InChI is InChI=1S/C14H23N5O3/c1-3-22-14(21)19-8-6-11(7-9-19)16-13(20)5-4-12-17-15-10-18(12)2/h10-11H,3-9H2,1-2H3,(H,16,20). The van der Waals surface area contributed by atoms with Gasteiger partial charge in [-0.05, 0) is 19.8 Å². The summed E-state index contributed by atoms with van der Waals surface area (Å²) in [4.78, 5) is 25.2. The first-order valence-corrected chi connectivity index (χ1v) is 7.64. The lowest BCUT2D eigenvalue weighted by molar-refractivity contribution is -0.122. The van der Waals surface area contributed by atoms with Gasteiger partial charge in [-0.25, -0.2) is 4.79 Å². The molecular weight excluding hydrogens is 286 g/mol. The minimum Gasteiger partial charge on any atom is -0.450 e. The van der Waals surface area contributed by atoms with E-state index in [9.17, 15) is 9.59 Å². The highest BCUT2D eigenvalue weighted by atomic mass is 16.6. The Hall–Kier alpha value is -2.12. The molecule has 0 bridgehead atoms. The number of carbonyl (C=O) groups excluding carboxylic acids is 2. The van der Waals surface area contributed by atoms with Crippen molar-refractivity contribution in [1.29, 1.82) is 0 Å². The average Bonchev–Trinajstić information content (AvgIpc) is 2.91. The predicted octanol–water partition coefficient (Wildman–Crippen LogP) is 0.485. The van der Waals surface area contributed by atoms with Crippen LogP contribution < -0.4 is 5.32 Å². The number of hydrogen-bond donors (Lipinski definition) is 1. The maximum Gasteiger partial charge on any atom is 0.409 e. The molecule has 1 saturated heterocycles. The summed E-state index contributed by atoms with van der Waals surface area (Å²) in [5.41, 5.74) is 0. The molecule has 1 aliphatic rings. The number of amides is 2. The Kier molecular flexibility index (Phi) is 5.74. The molecule has 2 heterocycles. The molecule has 0 aromatic carbocycles. The van der Waals surface area contributed by atoms with Crippen molar-refractivity contribution in [3.8, 4) is 0 Å². The number of nitrogens with one attached hydrogen (secondary N) is 1. The minimum absolute atomic E-state index is 0.0117. The van der Waals surface area contributed by atoms with Crippen LogP contribution in [0.5, 0.6) is 0 Å². The molecule has 2 amide bonds. The summed E-state index contributed by atoms with van der Waals surface area (Å²) in [6.07, 6.45) is 3.84. The normalized spacial score (nSPS) is 15.6. The zero-order valence-corrected chi connectivity index (χ0v) is 13.1. The summed E-state index contributed by atoms with van der Waals surface area (Å²) >= 11 is 0. The fourth-order valence-electron chi connectivity index (χ4n) is 2.48. The topological polar surface area (TPSA) is 89.3 Å². The molecule has 8 heteroatoms. The van der Waals surface area contributed by atoms with E-state index in [4.69, 9.17) is 4.74 Å². The highest BCUT2D eigenvalue weighted by Crippen LogP contribution is 2.12. The summed E-state index contributed by atoms with van der Waals surface area (Å²) in [5.74, 6) is 0.810. The van der Waals surface area contributed by atoms with E-state index in [0.29, 0.717) is 32.5 Å². The second kappa shape index (κ2) is 7.77. The lowest BCUT2D eigenvalue weighted by atomic mass is 10.1. The molecule has 0 aliphatic carbocycles. The highest BCUT2D eigenvalue weighted by Gasteiger charge is 2.24. The zero-order valence-electron chi connectivity index (χ0n) is 13.1. The van der Waals surface area contributed by atoms with Crippen LogP contribution in [0.2, 0.25) is 0 Å². The molecule has 1 aromatic rings. The molecule has 8 nitrogen and oxygen atoms in total. The number of aryl methyl sites for hydroxylation is 2. The van der Waals surface area contributed by atoms with Crippen LogP contribution in [-0.2, 0) is 23.0 Å². The molecule has 0 atom stereocenters. The molecule has 1 N–H and O–H groups in total. The number of rotatable bonds is 5. The third kappa shape index (κ3) is 4.44. The molecule has 1 aliphatic heterocycles. The van der Waals surface area contributed by atoms with Crippen molar-refractivity contribution in [2.24, 2.45) is 7.05 Å². The molecule has 0 saturated carbocycles. The zero-order chi connectivity index (χ0) is 15.9. The number of piperidine rings is 1. The number of aromatic nitrogens is 3.